The molecular formula is C32H32F2N4O7S. The number of carbonyl (C=O) groups excluding carboxylic acids is 2. The van der Waals surface area contributed by atoms with Gasteiger partial charge in [-0.05, 0) is 73.5 Å². The average Bonchev–Trinajstić information content (AvgIpc) is 3.60. The molecule has 46 heavy (non-hydrogen) atoms. The molecule has 0 aliphatic carbocycles. The van der Waals surface area contributed by atoms with Crippen LogP contribution in [0.5, 0.6) is 17.2 Å². The minimum atomic E-state index is -3.57. The van der Waals surface area contributed by atoms with Crippen molar-refractivity contribution < 1.29 is 41.0 Å². The highest BCUT2D eigenvalue weighted by molar-refractivity contribution is 7.91. The highest BCUT2D eigenvalue weighted by Gasteiger charge is 2.35. The second-order valence-electron chi connectivity index (χ2n) is 11.5. The van der Waals surface area contributed by atoms with Crippen LogP contribution in [-0.4, -0.2) is 72.7 Å². The fourth-order valence-corrected chi connectivity index (χ4v) is 7.15. The normalized spacial score (nSPS) is 18.5. The standard InChI is InChI=1S/C32H32F2N4O7S/c1-19(36-31(40)32(2,33)34)29(21-5-10-27-28(16-21)44-13-12-43-27)45-25-8-9-26-22(15-25)17-35-38(26)24-6-3-20(4-7-24)30(39)37-23-11-14-46(41,42)18-23/h3-10,15-17,19,23,29H,11-14,18H2,1-2H3,(H,36,40)(H,37,39)/t19-,23+,29-/m0/s1. The van der Waals surface area contributed by atoms with E-state index in [1.54, 1.807) is 78.5 Å². The molecule has 14 heteroatoms. The SMILES string of the molecule is C[C@H](NC(=O)C(C)(F)F)[C@H](Oc1ccc2c(cnn2-c2ccc(C(=O)N[C@@H]3CCS(=O)(=O)C3)cc2)c1)c1ccc2c(c1)OCCO2. The van der Waals surface area contributed by atoms with E-state index in [0.717, 1.165) is 10.9 Å². The molecule has 3 heterocycles. The van der Waals surface area contributed by atoms with Crippen molar-refractivity contribution in [2.24, 2.45) is 0 Å². The molecule has 4 aromatic rings. The fourth-order valence-electron chi connectivity index (χ4n) is 5.47. The van der Waals surface area contributed by atoms with Gasteiger partial charge < -0.3 is 24.8 Å². The summed E-state index contributed by atoms with van der Waals surface area (Å²) in [6, 6.07) is 15.9. The van der Waals surface area contributed by atoms with E-state index in [9.17, 15) is 26.8 Å². The number of nitrogens with one attached hydrogen (secondary N) is 2. The van der Waals surface area contributed by atoms with Gasteiger partial charge in [0.1, 0.15) is 25.1 Å². The summed E-state index contributed by atoms with van der Waals surface area (Å²) in [5.41, 5.74) is 2.41. The van der Waals surface area contributed by atoms with Crippen LogP contribution in [0.3, 0.4) is 0 Å². The van der Waals surface area contributed by atoms with Crippen LogP contribution >= 0.6 is 0 Å². The van der Waals surface area contributed by atoms with Crippen molar-refractivity contribution in [2.45, 2.75) is 44.4 Å². The van der Waals surface area contributed by atoms with E-state index in [-0.39, 0.29) is 17.4 Å². The molecule has 2 amide bonds. The summed E-state index contributed by atoms with van der Waals surface area (Å²) >= 11 is 0. The number of halogens is 2. The van der Waals surface area contributed by atoms with Crippen LogP contribution in [0.25, 0.3) is 16.6 Å². The van der Waals surface area contributed by atoms with Gasteiger partial charge in [0.15, 0.2) is 21.3 Å². The molecule has 1 aromatic heterocycles. The van der Waals surface area contributed by atoms with Gasteiger partial charge in [-0.3, -0.25) is 9.59 Å². The summed E-state index contributed by atoms with van der Waals surface area (Å²) in [4.78, 5) is 24.8. The Balaban J connectivity index is 1.22. The highest BCUT2D eigenvalue weighted by atomic mass is 32.2. The number of ether oxygens (including phenoxy) is 3. The third-order valence-corrected chi connectivity index (χ3v) is 9.62. The maximum atomic E-state index is 13.7. The first kappa shape index (κ1) is 31.3. The molecule has 6 rings (SSSR count). The third kappa shape index (κ3) is 6.76. The Hall–Kier alpha value is -4.72. The largest absolute Gasteiger partial charge is 0.486 e. The van der Waals surface area contributed by atoms with Crippen LogP contribution in [0.15, 0.2) is 66.9 Å². The number of nitrogens with zero attached hydrogens (tertiary/aromatic N) is 2. The molecular weight excluding hydrogens is 622 g/mol. The van der Waals surface area contributed by atoms with Crippen molar-refractivity contribution in [3.05, 3.63) is 78.0 Å². The minimum absolute atomic E-state index is 0.0541. The Labute approximate surface area is 263 Å². The zero-order valence-electron chi connectivity index (χ0n) is 25.0. The number of hydrogen-bond donors (Lipinski definition) is 2. The molecule has 11 nitrogen and oxygen atoms in total. The van der Waals surface area contributed by atoms with E-state index in [1.165, 1.54) is 0 Å². The summed E-state index contributed by atoms with van der Waals surface area (Å²) in [7, 11) is -3.11. The first-order chi connectivity index (χ1) is 21.9. The van der Waals surface area contributed by atoms with Crippen LogP contribution in [0, 0.1) is 0 Å². The van der Waals surface area contributed by atoms with E-state index >= 15 is 0 Å². The lowest BCUT2D eigenvalue weighted by molar-refractivity contribution is -0.144. The van der Waals surface area contributed by atoms with Crippen LogP contribution in [0.4, 0.5) is 8.78 Å². The predicted octanol–water partition coefficient (Wildman–Crippen LogP) is 3.99. The van der Waals surface area contributed by atoms with Crippen LogP contribution < -0.4 is 24.8 Å². The zero-order chi connectivity index (χ0) is 32.6. The van der Waals surface area contributed by atoms with Gasteiger partial charge in [0.25, 0.3) is 11.8 Å². The molecule has 2 N–H and O–H groups in total. The van der Waals surface area contributed by atoms with Crippen LogP contribution in [0.2, 0.25) is 0 Å². The number of hydrogen-bond acceptors (Lipinski definition) is 8. The Morgan fingerprint density at radius 2 is 1.78 bits per heavy atom. The van der Waals surface area contributed by atoms with Crippen molar-refractivity contribution in [3.63, 3.8) is 0 Å². The Morgan fingerprint density at radius 1 is 1.04 bits per heavy atom. The van der Waals surface area contributed by atoms with E-state index in [4.69, 9.17) is 14.2 Å². The van der Waals surface area contributed by atoms with Gasteiger partial charge in [-0.15, -0.1) is 0 Å². The second-order valence-corrected chi connectivity index (χ2v) is 13.7. The van der Waals surface area contributed by atoms with Crippen molar-refractivity contribution >= 4 is 32.6 Å². The number of fused-ring (bicyclic) bond motifs is 2. The molecule has 1 saturated heterocycles. The lowest BCUT2D eigenvalue weighted by Crippen LogP contribution is -2.46. The number of benzene rings is 3. The van der Waals surface area contributed by atoms with Crippen molar-refractivity contribution in [1.29, 1.82) is 0 Å². The number of amides is 2. The van der Waals surface area contributed by atoms with Crippen molar-refractivity contribution in [1.82, 2.24) is 20.4 Å². The number of alkyl halides is 2. The van der Waals surface area contributed by atoms with Gasteiger partial charge in [-0.1, -0.05) is 6.07 Å². The molecule has 242 valence electrons. The zero-order valence-corrected chi connectivity index (χ0v) is 25.9. The monoisotopic (exact) mass is 654 g/mol. The topological polar surface area (TPSA) is 138 Å². The Bertz CT molecular complexity index is 1890. The first-order valence-electron chi connectivity index (χ1n) is 14.7. The van der Waals surface area contributed by atoms with Gasteiger partial charge in [-0.2, -0.15) is 13.9 Å². The Morgan fingerprint density at radius 3 is 2.48 bits per heavy atom. The molecule has 0 unspecified atom stereocenters. The second kappa shape index (κ2) is 12.2. The third-order valence-electron chi connectivity index (χ3n) is 7.85. The van der Waals surface area contributed by atoms with Crippen LogP contribution in [0.1, 0.15) is 42.3 Å². The molecule has 2 aliphatic rings. The van der Waals surface area contributed by atoms with E-state index < -0.39 is 39.9 Å². The highest BCUT2D eigenvalue weighted by Crippen LogP contribution is 2.36. The van der Waals surface area contributed by atoms with Gasteiger partial charge in [-0.25, -0.2) is 13.1 Å². The summed E-state index contributed by atoms with van der Waals surface area (Å²) in [5, 5.41) is 10.4. The van der Waals surface area contributed by atoms with E-state index in [0.29, 0.717) is 60.6 Å². The molecule has 3 aromatic carbocycles. The van der Waals surface area contributed by atoms with E-state index in [2.05, 4.69) is 15.7 Å². The lowest BCUT2D eigenvalue weighted by atomic mass is 10.0. The summed E-state index contributed by atoms with van der Waals surface area (Å²) in [5.74, 6) is -3.86. The van der Waals surface area contributed by atoms with Crippen LogP contribution in [-0.2, 0) is 14.6 Å². The summed E-state index contributed by atoms with van der Waals surface area (Å²) < 4.78 is 70.2. The first-order valence-corrected chi connectivity index (χ1v) is 16.5. The number of rotatable bonds is 9. The smallest absolute Gasteiger partial charge is 0.321 e. The lowest BCUT2D eigenvalue weighted by Gasteiger charge is -2.28. The van der Waals surface area contributed by atoms with Gasteiger partial charge in [0.05, 0.1) is 34.9 Å². The van der Waals surface area contributed by atoms with Gasteiger partial charge in [0, 0.05) is 23.9 Å². The molecule has 0 spiro atoms. The van der Waals surface area contributed by atoms with Gasteiger partial charge in [0.2, 0.25) is 0 Å². The average molecular weight is 655 g/mol. The molecule has 3 atom stereocenters. The molecule has 0 radical (unpaired) electrons. The minimum Gasteiger partial charge on any atom is -0.486 e. The van der Waals surface area contributed by atoms with Crippen molar-refractivity contribution in [3.8, 4) is 22.9 Å². The summed E-state index contributed by atoms with van der Waals surface area (Å²) in [6.45, 7) is 2.89. The number of carbonyl (C=O) groups is 2. The maximum absolute atomic E-state index is 13.7. The summed E-state index contributed by atoms with van der Waals surface area (Å²) in [6.07, 6.45) is 1.18. The molecule has 1 fully saturated rings. The van der Waals surface area contributed by atoms with Crippen molar-refractivity contribution in [2.75, 3.05) is 24.7 Å². The molecule has 0 saturated carbocycles. The molecule has 2 aliphatic heterocycles. The van der Waals surface area contributed by atoms with E-state index in [1.807, 2.05) is 0 Å². The quantitative estimate of drug-likeness (QED) is 0.277. The molecule has 0 bridgehead atoms. The fraction of sp³-hybridized carbons (Fsp3) is 0.344. The maximum Gasteiger partial charge on any atom is 0.321 e. The number of sulfone groups is 1. The Kier molecular flexibility index (Phi) is 8.32. The predicted molar refractivity (Wildman–Crippen MR) is 165 cm³/mol. The van der Waals surface area contributed by atoms with Gasteiger partial charge >= 0.3 is 5.92 Å². The number of aromatic nitrogens is 2.